The van der Waals surface area contributed by atoms with Crippen LogP contribution in [0.5, 0.6) is 0 Å². The van der Waals surface area contributed by atoms with E-state index in [0.29, 0.717) is 24.9 Å². The summed E-state index contributed by atoms with van der Waals surface area (Å²) in [6, 6.07) is 5.68. The first-order chi connectivity index (χ1) is 11.2. The maximum atomic E-state index is 12.2. The number of hydrogen-bond acceptors (Lipinski definition) is 4. The van der Waals surface area contributed by atoms with E-state index >= 15 is 0 Å². The molecule has 132 valence electrons. The van der Waals surface area contributed by atoms with Crippen molar-refractivity contribution < 1.29 is 19.1 Å². The molecule has 0 saturated heterocycles. The molecule has 1 amide bonds. The molecule has 0 spiro atoms. The smallest absolute Gasteiger partial charge is 0.410 e. The number of benzene rings is 1. The number of fused-ring (bicyclic) bond motifs is 1. The fourth-order valence-electron chi connectivity index (χ4n) is 2.73. The SMILES string of the molecule is CN(CC1OCCc2c(C(=O)CBr)cccc21)C(=O)OC(C)(C)C. The molecule has 0 radical (unpaired) electrons. The minimum absolute atomic E-state index is 0.0630. The van der Waals surface area contributed by atoms with Gasteiger partial charge in [0, 0.05) is 12.6 Å². The lowest BCUT2D eigenvalue weighted by atomic mass is 9.91. The number of carbonyl (C=O) groups excluding carboxylic acids is 2. The van der Waals surface area contributed by atoms with E-state index in [2.05, 4.69) is 15.9 Å². The number of ether oxygens (including phenoxy) is 2. The maximum Gasteiger partial charge on any atom is 0.410 e. The second kappa shape index (κ2) is 7.66. The molecule has 0 N–H and O–H groups in total. The van der Waals surface area contributed by atoms with Crippen molar-refractivity contribution in [2.45, 2.75) is 38.9 Å². The predicted octanol–water partition coefficient (Wildman–Crippen LogP) is 3.74. The Morgan fingerprint density at radius 3 is 2.71 bits per heavy atom. The average Bonchev–Trinajstić information content (AvgIpc) is 2.52. The van der Waals surface area contributed by atoms with Gasteiger partial charge in [0.25, 0.3) is 0 Å². The van der Waals surface area contributed by atoms with Crippen molar-refractivity contribution >= 4 is 27.8 Å². The van der Waals surface area contributed by atoms with Crippen LogP contribution in [-0.2, 0) is 15.9 Å². The van der Waals surface area contributed by atoms with Gasteiger partial charge in [0.1, 0.15) is 11.7 Å². The van der Waals surface area contributed by atoms with E-state index in [-0.39, 0.29) is 18.0 Å². The highest BCUT2D eigenvalue weighted by Crippen LogP contribution is 2.30. The molecule has 0 aliphatic carbocycles. The highest BCUT2D eigenvalue weighted by Gasteiger charge is 2.28. The third-order valence-corrected chi connectivity index (χ3v) is 4.31. The molecule has 0 aromatic heterocycles. The lowest BCUT2D eigenvalue weighted by Crippen LogP contribution is -2.38. The van der Waals surface area contributed by atoms with Crippen LogP contribution in [0.25, 0.3) is 0 Å². The van der Waals surface area contributed by atoms with Crippen LogP contribution < -0.4 is 0 Å². The fraction of sp³-hybridized carbons (Fsp3) is 0.556. The summed E-state index contributed by atoms with van der Waals surface area (Å²) < 4.78 is 11.2. The summed E-state index contributed by atoms with van der Waals surface area (Å²) in [4.78, 5) is 25.8. The van der Waals surface area contributed by atoms with Gasteiger partial charge in [0.15, 0.2) is 5.78 Å². The van der Waals surface area contributed by atoms with E-state index in [1.165, 1.54) is 4.90 Å². The Morgan fingerprint density at radius 2 is 2.08 bits per heavy atom. The van der Waals surface area contributed by atoms with E-state index in [9.17, 15) is 9.59 Å². The molecule has 1 aliphatic rings. The Kier molecular flexibility index (Phi) is 6.04. The van der Waals surface area contributed by atoms with E-state index in [1.54, 1.807) is 7.05 Å². The Morgan fingerprint density at radius 1 is 1.38 bits per heavy atom. The van der Waals surface area contributed by atoms with Crippen LogP contribution in [0.15, 0.2) is 18.2 Å². The number of alkyl halides is 1. The molecule has 0 bridgehead atoms. The van der Waals surface area contributed by atoms with Gasteiger partial charge in [-0.3, -0.25) is 4.79 Å². The quantitative estimate of drug-likeness (QED) is 0.573. The van der Waals surface area contributed by atoms with Crippen LogP contribution >= 0.6 is 15.9 Å². The Bertz CT molecular complexity index is 624. The summed E-state index contributed by atoms with van der Waals surface area (Å²) in [6.45, 7) is 6.43. The zero-order chi connectivity index (χ0) is 17.9. The monoisotopic (exact) mass is 397 g/mol. The molecule has 1 unspecified atom stereocenters. The van der Waals surface area contributed by atoms with Crippen molar-refractivity contribution in [1.82, 2.24) is 4.90 Å². The summed E-state index contributed by atoms with van der Waals surface area (Å²) >= 11 is 3.23. The van der Waals surface area contributed by atoms with Crippen molar-refractivity contribution in [2.24, 2.45) is 0 Å². The summed E-state index contributed by atoms with van der Waals surface area (Å²) in [5.74, 6) is 0.0630. The van der Waals surface area contributed by atoms with Gasteiger partial charge in [0.2, 0.25) is 0 Å². The third kappa shape index (κ3) is 4.57. The van der Waals surface area contributed by atoms with E-state index in [0.717, 1.165) is 16.7 Å². The second-order valence-corrected chi connectivity index (χ2v) is 7.46. The van der Waals surface area contributed by atoms with Crippen LogP contribution in [-0.4, -0.2) is 47.9 Å². The standard InChI is InChI=1S/C18H24BrNO4/c1-18(2,3)24-17(22)20(4)11-16-14-7-5-6-13(15(21)10-19)12(14)8-9-23-16/h5-7,16H,8-11H2,1-4H3. The first-order valence-electron chi connectivity index (χ1n) is 7.99. The molecule has 24 heavy (non-hydrogen) atoms. The molecule has 0 fully saturated rings. The molecular formula is C18H24BrNO4. The van der Waals surface area contributed by atoms with Gasteiger partial charge < -0.3 is 14.4 Å². The molecule has 5 nitrogen and oxygen atoms in total. The van der Waals surface area contributed by atoms with Gasteiger partial charge in [-0.25, -0.2) is 4.79 Å². The lowest BCUT2D eigenvalue weighted by molar-refractivity contribution is -0.00174. The highest BCUT2D eigenvalue weighted by atomic mass is 79.9. The lowest BCUT2D eigenvalue weighted by Gasteiger charge is -2.31. The van der Waals surface area contributed by atoms with Gasteiger partial charge in [-0.05, 0) is 38.3 Å². The van der Waals surface area contributed by atoms with Crippen molar-refractivity contribution in [1.29, 1.82) is 0 Å². The molecule has 1 aromatic carbocycles. The van der Waals surface area contributed by atoms with Gasteiger partial charge in [0.05, 0.1) is 18.5 Å². The number of halogens is 1. The average molecular weight is 398 g/mol. The van der Waals surface area contributed by atoms with Crippen LogP contribution in [0, 0.1) is 0 Å². The largest absolute Gasteiger partial charge is 0.444 e. The molecule has 6 heteroatoms. The predicted molar refractivity (Wildman–Crippen MR) is 95.8 cm³/mol. The normalized spacial score (nSPS) is 17.1. The number of likely N-dealkylation sites (N-methyl/N-ethyl adjacent to an activating group) is 1. The zero-order valence-corrected chi connectivity index (χ0v) is 16.2. The van der Waals surface area contributed by atoms with Crippen LogP contribution in [0.2, 0.25) is 0 Å². The van der Waals surface area contributed by atoms with E-state index in [4.69, 9.17) is 9.47 Å². The van der Waals surface area contributed by atoms with Gasteiger partial charge >= 0.3 is 6.09 Å². The third-order valence-electron chi connectivity index (χ3n) is 3.80. The van der Waals surface area contributed by atoms with Crippen molar-refractivity contribution in [3.05, 3.63) is 34.9 Å². The second-order valence-electron chi connectivity index (χ2n) is 6.90. The molecule has 2 rings (SSSR count). The summed E-state index contributed by atoms with van der Waals surface area (Å²) in [6.07, 6.45) is 0.0666. The number of hydrogen-bond donors (Lipinski definition) is 0. The van der Waals surface area contributed by atoms with Crippen LogP contribution in [0.4, 0.5) is 4.79 Å². The van der Waals surface area contributed by atoms with Crippen molar-refractivity contribution in [2.75, 3.05) is 25.5 Å². The molecular weight excluding hydrogens is 374 g/mol. The highest BCUT2D eigenvalue weighted by molar-refractivity contribution is 9.09. The topological polar surface area (TPSA) is 55.8 Å². The molecule has 0 saturated carbocycles. The number of ketones is 1. The molecule has 1 aliphatic heterocycles. The van der Waals surface area contributed by atoms with Gasteiger partial charge in [-0.1, -0.05) is 34.1 Å². The number of nitrogens with zero attached hydrogens (tertiary/aromatic N) is 1. The van der Waals surface area contributed by atoms with Gasteiger partial charge in [-0.2, -0.15) is 0 Å². The summed E-state index contributed by atoms with van der Waals surface area (Å²) in [5.41, 5.74) is 2.20. The fourth-order valence-corrected chi connectivity index (χ4v) is 3.03. The van der Waals surface area contributed by atoms with E-state index in [1.807, 2.05) is 39.0 Å². The first kappa shape index (κ1) is 18.9. The molecule has 1 heterocycles. The molecule has 1 aromatic rings. The first-order valence-corrected chi connectivity index (χ1v) is 9.11. The minimum Gasteiger partial charge on any atom is -0.444 e. The maximum absolute atomic E-state index is 12.2. The van der Waals surface area contributed by atoms with Crippen molar-refractivity contribution in [3.63, 3.8) is 0 Å². The number of carbonyl (C=O) groups is 2. The van der Waals surface area contributed by atoms with Gasteiger partial charge in [-0.15, -0.1) is 0 Å². The minimum atomic E-state index is -0.536. The Balaban J connectivity index is 2.18. The number of amides is 1. The van der Waals surface area contributed by atoms with E-state index < -0.39 is 5.60 Å². The van der Waals surface area contributed by atoms with Crippen LogP contribution in [0.1, 0.15) is 48.4 Å². The molecule has 1 atom stereocenters. The number of rotatable bonds is 4. The Labute approximate surface area is 151 Å². The Hall–Kier alpha value is -1.40. The van der Waals surface area contributed by atoms with Crippen LogP contribution in [0.3, 0.4) is 0 Å². The van der Waals surface area contributed by atoms with Crippen molar-refractivity contribution in [3.8, 4) is 0 Å². The number of Topliss-reactive ketones (excluding diaryl/α,β-unsaturated/α-hetero) is 1. The zero-order valence-electron chi connectivity index (χ0n) is 14.6. The summed E-state index contributed by atoms with van der Waals surface area (Å²) in [7, 11) is 1.69. The summed E-state index contributed by atoms with van der Waals surface area (Å²) in [5, 5.41) is 0.298.